The van der Waals surface area contributed by atoms with E-state index in [0.717, 1.165) is 56.8 Å². The minimum Gasteiger partial charge on any atom is -0.381 e. The topological polar surface area (TPSA) is 84.4 Å². The van der Waals surface area contributed by atoms with Crippen LogP contribution < -0.4 is 5.32 Å². The fraction of sp³-hybridized carbons (Fsp3) is 0.667. The lowest BCUT2D eigenvalue weighted by atomic mass is 9.90. The van der Waals surface area contributed by atoms with E-state index in [1.807, 2.05) is 4.90 Å². The van der Waals surface area contributed by atoms with Crippen LogP contribution in [0.25, 0.3) is 0 Å². The summed E-state index contributed by atoms with van der Waals surface area (Å²) in [5.41, 5.74) is 1.77. The van der Waals surface area contributed by atoms with E-state index in [9.17, 15) is 9.59 Å². The van der Waals surface area contributed by atoms with E-state index in [4.69, 9.17) is 4.74 Å². The summed E-state index contributed by atoms with van der Waals surface area (Å²) in [7, 11) is 0. The van der Waals surface area contributed by atoms with E-state index in [-0.39, 0.29) is 23.7 Å². The molecule has 2 aliphatic heterocycles. The number of aromatic nitrogens is 2. The van der Waals surface area contributed by atoms with Crippen LogP contribution in [0, 0.1) is 5.92 Å². The molecule has 2 aliphatic rings. The Morgan fingerprint density at radius 3 is 2.68 bits per heavy atom. The summed E-state index contributed by atoms with van der Waals surface area (Å²) in [6.45, 7) is 4.72. The highest BCUT2D eigenvalue weighted by Crippen LogP contribution is 2.29. The van der Waals surface area contributed by atoms with Gasteiger partial charge in [0.2, 0.25) is 11.8 Å². The van der Waals surface area contributed by atoms with Crippen LogP contribution >= 0.6 is 0 Å². The number of likely N-dealkylation sites (tertiary alicyclic amines) is 1. The van der Waals surface area contributed by atoms with Crippen molar-refractivity contribution in [2.24, 2.45) is 5.92 Å². The van der Waals surface area contributed by atoms with Gasteiger partial charge in [0.05, 0.1) is 30.5 Å². The largest absolute Gasteiger partial charge is 0.381 e. The van der Waals surface area contributed by atoms with Crippen LogP contribution in [0.3, 0.4) is 0 Å². The molecule has 0 bridgehead atoms. The molecule has 2 amide bonds. The summed E-state index contributed by atoms with van der Waals surface area (Å²) in [5, 5.41) is 2.79. The molecule has 0 radical (unpaired) electrons. The number of nitrogens with one attached hydrogen (secondary N) is 1. The van der Waals surface area contributed by atoms with E-state index in [2.05, 4.69) is 15.3 Å². The van der Waals surface area contributed by atoms with Gasteiger partial charge >= 0.3 is 0 Å². The van der Waals surface area contributed by atoms with Crippen LogP contribution in [-0.2, 0) is 20.9 Å². The van der Waals surface area contributed by atoms with Crippen molar-refractivity contribution in [3.63, 3.8) is 0 Å². The molecule has 2 fully saturated rings. The molecule has 1 aromatic rings. The van der Waals surface area contributed by atoms with E-state index < -0.39 is 0 Å². The zero-order chi connectivity index (χ0) is 17.6. The lowest BCUT2D eigenvalue weighted by Crippen LogP contribution is -2.43. The molecule has 1 atom stereocenters. The average Bonchev–Trinajstić information content (AvgIpc) is 2.67. The molecule has 0 aliphatic carbocycles. The zero-order valence-corrected chi connectivity index (χ0v) is 14.7. The number of piperidine rings is 1. The molecule has 7 heteroatoms. The first-order valence-corrected chi connectivity index (χ1v) is 9.06. The summed E-state index contributed by atoms with van der Waals surface area (Å²) < 4.78 is 5.45. The Labute approximate surface area is 148 Å². The third-order valence-electron chi connectivity index (χ3n) is 5.01. The number of nitrogens with zero attached hydrogens (tertiary/aromatic N) is 3. The van der Waals surface area contributed by atoms with Crippen molar-refractivity contribution in [3.05, 3.63) is 23.8 Å². The number of carbonyl (C=O) groups is 2. The van der Waals surface area contributed by atoms with Crippen molar-refractivity contribution in [3.8, 4) is 0 Å². The summed E-state index contributed by atoms with van der Waals surface area (Å²) in [6.07, 6.45) is 7.02. The number of rotatable bonds is 4. The Bertz CT molecular complexity index is 608. The number of hydrogen-bond donors (Lipinski definition) is 1. The number of carbonyl (C=O) groups excluding carboxylic acids is 2. The first-order valence-electron chi connectivity index (χ1n) is 9.06. The van der Waals surface area contributed by atoms with Gasteiger partial charge < -0.3 is 15.0 Å². The SMILES string of the molecule is CC(=O)NCc1nccnc1C1CCN(C(=O)[C@@H]2CCCOC2)CC1. The van der Waals surface area contributed by atoms with Gasteiger partial charge in [-0.2, -0.15) is 0 Å². The predicted octanol–water partition coefficient (Wildman–Crippen LogP) is 1.25. The number of amides is 2. The van der Waals surface area contributed by atoms with E-state index >= 15 is 0 Å². The van der Waals surface area contributed by atoms with E-state index in [0.29, 0.717) is 13.2 Å². The van der Waals surface area contributed by atoms with Crippen LogP contribution in [0.2, 0.25) is 0 Å². The monoisotopic (exact) mass is 346 g/mol. The van der Waals surface area contributed by atoms with Crippen LogP contribution in [0.4, 0.5) is 0 Å². The Hall–Kier alpha value is -2.02. The van der Waals surface area contributed by atoms with Crippen molar-refractivity contribution in [2.45, 2.75) is 45.1 Å². The van der Waals surface area contributed by atoms with Gasteiger partial charge in [-0.15, -0.1) is 0 Å². The molecule has 25 heavy (non-hydrogen) atoms. The summed E-state index contributed by atoms with van der Waals surface area (Å²) in [5.74, 6) is 0.462. The fourth-order valence-corrected chi connectivity index (χ4v) is 3.63. The maximum absolute atomic E-state index is 12.6. The number of ether oxygens (including phenoxy) is 1. The molecule has 136 valence electrons. The van der Waals surface area contributed by atoms with Crippen LogP contribution in [0.5, 0.6) is 0 Å². The van der Waals surface area contributed by atoms with Gasteiger partial charge in [0.1, 0.15) is 0 Å². The van der Waals surface area contributed by atoms with E-state index in [1.54, 1.807) is 12.4 Å². The maximum atomic E-state index is 12.6. The number of hydrogen-bond acceptors (Lipinski definition) is 5. The predicted molar refractivity (Wildman–Crippen MR) is 91.7 cm³/mol. The zero-order valence-electron chi connectivity index (χ0n) is 14.7. The Kier molecular flexibility index (Phi) is 5.96. The van der Waals surface area contributed by atoms with Crippen molar-refractivity contribution in [1.82, 2.24) is 20.2 Å². The highest BCUT2D eigenvalue weighted by molar-refractivity contribution is 5.79. The first-order chi connectivity index (χ1) is 12.1. The molecule has 0 unspecified atom stereocenters. The van der Waals surface area contributed by atoms with Crippen molar-refractivity contribution in [2.75, 3.05) is 26.3 Å². The highest BCUT2D eigenvalue weighted by Gasteiger charge is 2.31. The first kappa shape index (κ1) is 17.8. The molecule has 3 heterocycles. The fourth-order valence-electron chi connectivity index (χ4n) is 3.63. The van der Waals surface area contributed by atoms with Crippen LogP contribution in [-0.4, -0.2) is 53.0 Å². The normalized spacial score (nSPS) is 21.8. The molecule has 7 nitrogen and oxygen atoms in total. The summed E-state index contributed by atoms with van der Waals surface area (Å²) >= 11 is 0. The quantitative estimate of drug-likeness (QED) is 0.887. The third kappa shape index (κ3) is 4.54. The third-order valence-corrected chi connectivity index (χ3v) is 5.01. The van der Waals surface area contributed by atoms with Gasteiger partial charge in [0, 0.05) is 44.9 Å². The maximum Gasteiger partial charge on any atom is 0.228 e. The van der Waals surface area contributed by atoms with Crippen molar-refractivity contribution in [1.29, 1.82) is 0 Å². The average molecular weight is 346 g/mol. The molecule has 0 saturated carbocycles. The smallest absolute Gasteiger partial charge is 0.228 e. The molecular weight excluding hydrogens is 320 g/mol. The van der Waals surface area contributed by atoms with Gasteiger partial charge in [0.25, 0.3) is 0 Å². The second-order valence-electron chi connectivity index (χ2n) is 6.81. The minimum atomic E-state index is -0.0771. The lowest BCUT2D eigenvalue weighted by Gasteiger charge is -2.35. The second kappa shape index (κ2) is 8.38. The molecule has 3 rings (SSSR count). The highest BCUT2D eigenvalue weighted by atomic mass is 16.5. The van der Waals surface area contributed by atoms with Gasteiger partial charge in [0.15, 0.2) is 0 Å². The van der Waals surface area contributed by atoms with Gasteiger partial charge in [-0.1, -0.05) is 0 Å². The molecule has 1 aromatic heterocycles. The molecule has 1 N–H and O–H groups in total. The lowest BCUT2D eigenvalue weighted by molar-refractivity contribution is -0.140. The van der Waals surface area contributed by atoms with Gasteiger partial charge in [-0.25, -0.2) is 0 Å². The molecule has 0 aromatic carbocycles. The Morgan fingerprint density at radius 1 is 1.24 bits per heavy atom. The molecule has 0 spiro atoms. The van der Waals surface area contributed by atoms with Gasteiger partial charge in [-0.05, 0) is 25.7 Å². The van der Waals surface area contributed by atoms with E-state index in [1.165, 1.54) is 6.92 Å². The molecular formula is C18H26N4O3. The Balaban J connectivity index is 1.58. The van der Waals surface area contributed by atoms with Gasteiger partial charge in [-0.3, -0.25) is 19.6 Å². The standard InChI is InChI=1S/C18H26N4O3/c1-13(23)21-11-16-17(20-7-6-19-16)14-4-8-22(9-5-14)18(24)15-3-2-10-25-12-15/h6-7,14-15H,2-5,8-12H2,1H3,(H,21,23)/t15-/m1/s1. The van der Waals surface area contributed by atoms with Crippen molar-refractivity contribution >= 4 is 11.8 Å². The van der Waals surface area contributed by atoms with Crippen LogP contribution in [0.1, 0.15) is 49.9 Å². The summed E-state index contributed by atoms with van der Waals surface area (Å²) in [6, 6.07) is 0. The van der Waals surface area contributed by atoms with Crippen LogP contribution in [0.15, 0.2) is 12.4 Å². The molecule has 2 saturated heterocycles. The summed E-state index contributed by atoms with van der Waals surface area (Å²) in [4.78, 5) is 34.6. The second-order valence-corrected chi connectivity index (χ2v) is 6.81. The minimum absolute atomic E-state index is 0.0251. The van der Waals surface area contributed by atoms with Crippen molar-refractivity contribution < 1.29 is 14.3 Å². The Morgan fingerprint density at radius 2 is 2.00 bits per heavy atom.